The lowest BCUT2D eigenvalue weighted by atomic mass is 10.0. The van der Waals surface area contributed by atoms with Crippen LogP contribution < -0.4 is 11.1 Å². The summed E-state index contributed by atoms with van der Waals surface area (Å²) < 4.78 is 38.1. The van der Waals surface area contributed by atoms with Crippen molar-refractivity contribution in [1.82, 2.24) is 0 Å². The SMILES string of the molecule is NC(=O)Nc1cc(C(F)(F)F)ccc1-c1ccccc1. The lowest BCUT2D eigenvalue weighted by molar-refractivity contribution is -0.137. The molecule has 0 aliphatic heterocycles. The Labute approximate surface area is 113 Å². The molecule has 0 unspecified atom stereocenters. The second-order valence-corrected chi connectivity index (χ2v) is 4.11. The maximum Gasteiger partial charge on any atom is 0.416 e. The van der Waals surface area contributed by atoms with Crippen molar-refractivity contribution in [3.8, 4) is 11.1 Å². The number of hydrogen-bond acceptors (Lipinski definition) is 1. The third kappa shape index (κ3) is 3.09. The van der Waals surface area contributed by atoms with Gasteiger partial charge in [-0.1, -0.05) is 36.4 Å². The zero-order chi connectivity index (χ0) is 14.8. The van der Waals surface area contributed by atoms with Crippen LogP contribution in [0.3, 0.4) is 0 Å². The third-order valence-electron chi connectivity index (χ3n) is 2.69. The van der Waals surface area contributed by atoms with E-state index < -0.39 is 17.8 Å². The van der Waals surface area contributed by atoms with E-state index in [9.17, 15) is 18.0 Å². The average molecular weight is 280 g/mol. The van der Waals surface area contributed by atoms with Crippen LogP contribution in [0.2, 0.25) is 0 Å². The van der Waals surface area contributed by atoms with E-state index in [1.54, 1.807) is 30.3 Å². The van der Waals surface area contributed by atoms with Crippen molar-refractivity contribution < 1.29 is 18.0 Å². The number of nitrogens with one attached hydrogen (secondary N) is 1. The Hall–Kier alpha value is -2.50. The van der Waals surface area contributed by atoms with Crippen LogP contribution in [0.5, 0.6) is 0 Å². The van der Waals surface area contributed by atoms with Crippen LogP contribution in [0.1, 0.15) is 5.56 Å². The van der Waals surface area contributed by atoms with Gasteiger partial charge in [0.25, 0.3) is 0 Å². The van der Waals surface area contributed by atoms with Gasteiger partial charge in [0.05, 0.1) is 11.3 Å². The van der Waals surface area contributed by atoms with Crippen molar-refractivity contribution in [2.75, 3.05) is 5.32 Å². The van der Waals surface area contributed by atoms with Crippen molar-refractivity contribution >= 4 is 11.7 Å². The maximum absolute atomic E-state index is 12.7. The van der Waals surface area contributed by atoms with Gasteiger partial charge >= 0.3 is 12.2 Å². The van der Waals surface area contributed by atoms with E-state index in [0.29, 0.717) is 11.1 Å². The summed E-state index contributed by atoms with van der Waals surface area (Å²) in [6.45, 7) is 0. The number of carbonyl (C=O) groups is 1. The number of nitrogens with two attached hydrogens (primary N) is 1. The van der Waals surface area contributed by atoms with Gasteiger partial charge in [-0.05, 0) is 17.7 Å². The standard InChI is InChI=1S/C14H11F3N2O/c15-14(16,17)10-6-7-11(9-4-2-1-3-5-9)12(8-10)19-13(18)20/h1-8H,(H3,18,19,20). The van der Waals surface area contributed by atoms with E-state index in [1.165, 1.54) is 6.07 Å². The summed E-state index contributed by atoms with van der Waals surface area (Å²) in [6, 6.07) is 11.0. The van der Waals surface area contributed by atoms with E-state index in [-0.39, 0.29) is 5.69 Å². The summed E-state index contributed by atoms with van der Waals surface area (Å²) >= 11 is 0. The molecule has 0 spiro atoms. The van der Waals surface area contributed by atoms with E-state index in [2.05, 4.69) is 5.32 Å². The quantitative estimate of drug-likeness (QED) is 0.862. The molecule has 2 aromatic rings. The molecule has 0 aromatic heterocycles. The van der Waals surface area contributed by atoms with Gasteiger partial charge in [0.2, 0.25) is 0 Å². The predicted molar refractivity (Wildman–Crippen MR) is 70.1 cm³/mol. The number of benzene rings is 2. The molecule has 0 radical (unpaired) electrons. The first-order valence-electron chi connectivity index (χ1n) is 5.71. The molecule has 104 valence electrons. The number of urea groups is 1. The predicted octanol–water partition coefficient (Wildman–Crippen LogP) is 3.86. The Bertz CT molecular complexity index is 624. The first kappa shape index (κ1) is 13.9. The van der Waals surface area contributed by atoms with Gasteiger partial charge in [-0.25, -0.2) is 4.79 Å². The molecule has 0 saturated carbocycles. The van der Waals surface area contributed by atoms with Gasteiger partial charge in [-0.2, -0.15) is 13.2 Å². The highest BCUT2D eigenvalue weighted by Gasteiger charge is 2.31. The number of alkyl halides is 3. The van der Waals surface area contributed by atoms with Crippen LogP contribution in [0.4, 0.5) is 23.7 Å². The Kier molecular flexibility index (Phi) is 3.65. The van der Waals surface area contributed by atoms with Gasteiger partial charge in [-0.3, -0.25) is 0 Å². The van der Waals surface area contributed by atoms with E-state index >= 15 is 0 Å². The monoisotopic (exact) mass is 280 g/mol. The van der Waals surface area contributed by atoms with Gasteiger partial charge in [-0.15, -0.1) is 0 Å². The summed E-state index contributed by atoms with van der Waals surface area (Å²) in [6.07, 6.45) is -4.48. The zero-order valence-electron chi connectivity index (χ0n) is 10.2. The summed E-state index contributed by atoms with van der Waals surface area (Å²) in [5, 5.41) is 2.22. The number of rotatable bonds is 2. The molecule has 0 aliphatic rings. The minimum absolute atomic E-state index is 0.0264. The van der Waals surface area contributed by atoms with Crippen molar-refractivity contribution in [2.24, 2.45) is 5.73 Å². The number of halogens is 3. The second kappa shape index (κ2) is 5.24. The minimum atomic E-state index is -4.48. The fourth-order valence-corrected chi connectivity index (χ4v) is 1.83. The van der Waals surface area contributed by atoms with Crippen molar-refractivity contribution in [2.45, 2.75) is 6.18 Å². The molecule has 2 amide bonds. The molecular weight excluding hydrogens is 269 g/mol. The van der Waals surface area contributed by atoms with E-state index in [4.69, 9.17) is 5.73 Å². The lowest BCUT2D eigenvalue weighted by Gasteiger charge is -2.14. The van der Waals surface area contributed by atoms with Gasteiger partial charge in [0.15, 0.2) is 0 Å². The smallest absolute Gasteiger partial charge is 0.351 e. The molecule has 0 aliphatic carbocycles. The molecule has 3 nitrogen and oxygen atoms in total. The van der Waals surface area contributed by atoms with E-state index in [1.807, 2.05) is 0 Å². The lowest BCUT2D eigenvalue weighted by Crippen LogP contribution is -2.20. The number of primary amides is 1. The molecule has 6 heteroatoms. The maximum atomic E-state index is 12.7. The third-order valence-corrected chi connectivity index (χ3v) is 2.69. The summed E-state index contributed by atoms with van der Waals surface area (Å²) in [4.78, 5) is 10.9. The highest BCUT2D eigenvalue weighted by Crippen LogP contribution is 2.35. The Balaban J connectivity index is 2.54. The number of anilines is 1. The highest BCUT2D eigenvalue weighted by molar-refractivity contribution is 5.93. The summed E-state index contributed by atoms with van der Waals surface area (Å²) in [7, 11) is 0. The molecule has 2 rings (SSSR count). The number of hydrogen-bond donors (Lipinski definition) is 2. The van der Waals surface area contributed by atoms with Crippen LogP contribution >= 0.6 is 0 Å². The molecule has 20 heavy (non-hydrogen) atoms. The van der Waals surface area contributed by atoms with Gasteiger partial charge in [0.1, 0.15) is 0 Å². The normalized spacial score (nSPS) is 11.2. The number of amides is 2. The van der Waals surface area contributed by atoms with Crippen LogP contribution in [-0.4, -0.2) is 6.03 Å². The molecule has 0 bridgehead atoms. The van der Waals surface area contributed by atoms with Crippen LogP contribution in [-0.2, 0) is 6.18 Å². The molecular formula is C14H11F3N2O. The van der Waals surface area contributed by atoms with Crippen LogP contribution in [0.25, 0.3) is 11.1 Å². The summed E-state index contributed by atoms with van der Waals surface area (Å²) in [5.41, 5.74) is 5.33. The molecule has 3 N–H and O–H groups in total. The first-order valence-corrected chi connectivity index (χ1v) is 5.71. The van der Waals surface area contributed by atoms with E-state index in [0.717, 1.165) is 12.1 Å². The molecule has 0 atom stereocenters. The molecule has 0 heterocycles. The fraction of sp³-hybridized carbons (Fsp3) is 0.0714. The Morgan fingerprint density at radius 3 is 2.25 bits per heavy atom. The molecule has 2 aromatic carbocycles. The van der Waals surface area contributed by atoms with Crippen molar-refractivity contribution in [1.29, 1.82) is 0 Å². The fourth-order valence-electron chi connectivity index (χ4n) is 1.83. The van der Waals surface area contributed by atoms with Gasteiger partial charge in [0, 0.05) is 5.56 Å². The number of carbonyl (C=O) groups excluding carboxylic acids is 1. The van der Waals surface area contributed by atoms with Crippen LogP contribution in [0.15, 0.2) is 48.5 Å². The van der Waals surface area contributed by atoms with Gasteiger partial charge < -0.3 is 11.1 Å². The van der Waals surface area contributed by atoms with Crippen molar-refractivity contribution in [3.63, 3.8) is 0 Å². The minimum Gasteiger partial charge on any atom is -0.351 e. The van der Waals surface area contributed by atoms with Crippen molar-refractivity contribution in [3.05, 3.63) is 54.1 Å². The molecule has 0 saturated heterocycles. The zero-order valence-corrected chi connectivity index (χ0v) is 10.2. The van der Waals surface area contributed by atoms with Crippen LogP contribution in [0, 0.1) is 0 Å². The second-order valence-electron chi connectivity index (χ2n) is 4.11. The Morgan fingerprint density at radius 1 is 1.05 bits per heavy atom. The first-order chi connectivity index (χ1) is 9.38. The summed E-state index contributed by atoms with van der Waals surface area (Å²) in [5.74, 6) is 0. The largest absolute Gasteiger partial charge is 0.416 e. The topological polar surface area (TPSA) is 55.1 Å². The highest BCUT2D eigenvalue weighted by atomic mass is 19.4. The Morgan fingerprint density at radius 2 is 1.70 bits per heavy atom. The average Bonchev–Trinajstić information content (AvgIpc) is 2.38. The molecule has 0 fully saturated rings.